The zero-order chi connectivity index (χ0) is 19.1. The lowest BCUT2D eigenvalue weighted by Crippen LogP contribution is -2.57. The largest absolute Gasteiger partial charge is 0.369 e. The van der Waals surface area contributed by atoms with E-state index in [2.05, 4.69) is 52.4 Å². The summed E-state index contributed by atoms with van der Waals surface area (Å²) in [4.78, 5) is 17.5. The molecule has 4 nitrogen and oxygen atoms in total. The van der Waals surface area contributed by atoms with Gasteiger partial charge in [0, 0.05) is 37.9 Å². The molecule has 4 aliphatic carbocycles. The predicted molar refractivity (Wildman–Crippen MR) is 113 cm³/mol. The zero-order valence-electron chi connectivity index (χ0n) is 17.3. The molecule has 1 heterocycles. The first kappa shape index (κ1) is 18.5. The number of nitrogens with zero attached hydrogens (tertiary/aromatic N) is 2. The molecule has 0 radical (unpaired) electrons. The fraction of sp³-hybridized carbons (Fsp3) is 0.708. The van der Waals surface area contributed by atoms with Crippen molar-refractivity contribution in [1.82, 2.24) is 10.2 Å². The van der Waals surface area contributed by atoms with Gasteiger partial charge in [0.25, 0.3) is 0 Å². The highest BCUT2D eigenvalue weighted by molar-refractivity contribution is 5.78. The Hall–Kier alpha value is -1.55. The van der Waals surface area contributed by atoms with Crippen LogP contribution in [0.15, 0.2) is 30.3 Å². The van der Waals surface area contributed by atoms with Gasteiger partial charge in [0.2, 0.25) is 5.91 Å². The highest BCUT2D eigenvalue weighted by Crippen LogP contribution is 2.61. The van der Waals surface area contributed by atoms with Gasteiger partial charge >= 0.3 is 0 Å². The number of nitrogens with one attached hydrogen (secondary N) is 1. The fourth-order valence-electron chi connectivity index (χ4n) is 7.15. The first-order chi connectivity index (χ1) is 13.6. The zero-order valence-corrected chi connectivity index (χ0v) is 17.3. The van der Waals surface area contributed by atoms with Crippen molar-refractivity contribution < 1.29 is 4.79 Å². The lowest BCUT2D eigenvalue weighted by Gasteiger charge is -2.59. The van der Waals surface area contributed by atoms with Gasteiger partial charge in [-0.15, -0.1) is 0 Å². The number of hydrogen-bond donors (Lipinski definition) is 1. The number of carbonyl (C=O) groups excluding carboxylic acids is 1. The average molecular weight is 382 g/mol. The second-order valence-corrected chi connectivity index (χ2v) is 10.2. The molecule has 1 aromatic carbocycles. The number of hydrogen-bond acceptors (Lipinski definition) is 3. The van der Waals surface area contributed by atoms with Gasteiger partial charge in [-0.25, -0.2) is 0 Å². The third kappa shape index (κ3) is 3.56. The van der Waals surface area contributed by atoms with E-state index in [0.717, 1.165) is 43.9 Å². The fourth-order valence-corrected chi connectivity index (χ4v) is 7.15. The Morgan fingerprint density at radius 2 is 1.57 bits per heavy atom. The topological polar surface area (TPSA) is 35.6 Å². The third-order valence-corrected chi connectivity index (χ3v) is 8.24. The summed E-state index contributed by atoms with van der Waals surface area (Å²) in [6.07, 6.45) is 8.46. The Morgan fingerprint density at radius 1 is 1.00 bits per heavy atom. The van der Waals surface area contributed by atoms with E-state index in [1.165, 1.54) is 44.2 Å². The molecule has 5 fully saturated rings. The number of anilines is 1. The summed E-state index contributed by atoms with van der Waals surface area (Å²) in [6.45, 7) is 6.78. The molecule has 0 unspecified atom stereocenters. The molecule has 1 amide bonds. The first-order valence-electron chi connectivity index (χ1n) is 11.4. The van der Waals surface area contributed by atoms with E-state index in [9.17, 15) is 4.79 Å². The second-order valence-electron chi connectivity index (χ2n) is 10.2. The van der Waals surface area contributed by atoms with Crippen LogP contribution in [0.25, 0.3) is 0 Å². The highest BCUT2D eigenvalue weighted by atomic mass is 16.2. The predicted octanol–water partition coefficient (Wildman–Crippen LogP) is 3.53. The Morgan fingerprint density at radius 3 is 2.14 bits per heavy atom. The van der Waals surface area contributed by atoms with Crippen LogP contribution in [0.3, 0.4) is 0 Å². The molecule has 1 aliphatic heterocycles. The van der Waals surface area contributed by atoms with Crippen molar-refractivity contribution in [3.63, 3.8) is 0 Å². The van der Waals surface area contributed by atoms with Crippen molar-refractivity contribution in [2.24, 2.45) is 23.2 Å². The SMILES string of the molecule is C[C@H](NC(=O)CN1CCN(c2ccccc2)CC1)C12CC3CC(CC(C3)C1)C2. The molecular formula is C24H35N3O. The number of piperazine rings is 1. The number of amides is 1. The van der Waals surface area contributed by atoms with Gasteiger partial charge in [-0.2, -0.15) is 0 Å². The van der Waals surface area contributed by atoms with E-state index < -0.39 is 0 Å². The molecule has 4 heteroatoms. The van der Waals surface area contributed by atoms with E-state index in [0.29, 0.717) is 18.0 Å². The minimum atomic E-state index is 0.233. The summed E-state index contributed by atoms with van der Waals surface area (Å²) in [5.74, 6) is 3.06. The van der Waals surface area contributed by atoms with E-state index >= 15 is 0 Å². The maximum Gasteiger partial charge on any atom is 0.234 e. The van der Waals surface area contributed by atoms with Crippen molar-refractivity contribution in [1.29, 1.82) is 0 Å². The van der Waals surface area contributed by atoms with Crippen molar-refractivity contribution in [3.05, 3.63) is 30.3 Å². The molecule has 6 rings (SSSR count). The molecule has 1 aromatic rings. The van der Waals surface area contributed by atoms with Gasteiger partial charge in [0.15, 0.2) is 0 Å². The summed E-state index contributed by atoms with van der Waals surface area (Å²) >= 11 is 0. The smallest absolute Gasteiger partial charge is 0.234 e. The molecule has 5 aliphatic rings. The van der Waals surface area contributed by atoms with Gasteiger partial charge < -0.3 is 10.2 Å². The van der Waals surface area contributed by atoms with Gasteiger partial charge in [-0.3, -0.25) is 9.69 Å². The van der Waals surface area contributed by atoms with Gasteiger partial charge in [-0.05, 0) is 80.8 Å². The van der Waals surface area contributed by atoms with E-state index in [4.69, 9.17) is 0 Å². The van der Waals surface area contributed by atoms with E-state index in [1.54, 1.807) is 0 Å². The molecule has 4 saturated carbocycles. The normalized spacial score (nSPS) is 35.8. The Bertz CT molecular complexity index is 660. The third-order valence-electron chi connectivity index (χ3n) is 8.24. The van der Waals surface area contributed by atoms with Gasteiger partial charge in [0.05, 0.1) is 6.54 Å². The maximum atomic E-state index is 12.8. The van der Waals surface area contributed by atoms with Crippen LogP contribution in [0.1, 0.15) is 45.4 Å². The number of benzene rings is 1. The maximum absolute atomic E-state index is 12.8. The molecule has 1 atom stereocenters. The minimum Gasteiger partial charge on any atom is -0.369 e. The summed E-state index contributed by atoms with van der Waals surface area (Å²) in [6, 6.07) is 10.9. The van der Waals surface area contributed by atoms with Crippen molar-refractivity contribution in [2.45, 2.75) is 51.5 Å². The molecule has 1 saturated heterocycles. The Kier molecular flexibility index (Phi) is 4.86. The average Bonchev–Trinajstić information content (AvgIpc) is 2.68. The second kappa shape index (κ2) is 7.37. The van der Waals surface area contributed by atoms with Crippen LogP contribution in [-0.4, -0.2) is 49.6 Å². The number of para-hydroxylation sites is 1. The van der Waals surface area contributed by atoms with E-state index in [1.807, 2.05) is 0 Å². The van der Waals surface area contributed by atoms with Gasteiger partial charge in [-0.1, -0.05) is 18.2 Å². The van der Waals surface area contributed by atoms with Crippen molar-refractivity contribution >= 4 is 11.6 Å². The van der Waals surface area contributed by atoms with E-state index in [-0.39, 0.29) is 5.91 Å². The van der Waals surface area contributed by atoms with Crippen LogP contribution in [-0.2, 0) is 4.79 Å². The van der Waals surface area contributed by atoms with Crippen LogP contribution < -0.4 is 10.2 Å². The Balaban J connectivity index is 1.12. The van der Waals surface area contributed by atoms with Crippen LogP contribution in [0.5, 0.6) is 0 Å². The van der Waals surface area contributed by atoms with Crippen LogP contribution >= 0.6 is 0 Å². The lowest BCUT2D eigenvalue weighted by molar-refractivity contribution is -0.127. The molecule has 152 valence electrons. The molecule has 0 aromatic heterocycles. The summed E-state index contributed by atoms with van der Waals surface area (Å²) in [5.41, 5.74) is 1.69. The van der Waals surface area contributed by atoms with Crippen LogP contribution in [0.4, 0.5) is 5.69 Å². The van der Waals surface area contributed by atoms with Crippen LogP contribution in [0.2, 0.25) is 0 Å². The lowest BCUT2D eigenvalue weighted by atomic mass is 9.48. The number of carbonyl (C=O) groups is 1. The molecule has 0 spiro atoms. The molecule has 4 bridgehead atoms. The standard InChI is InChI=1S/C24H35N3O/c1-18(24-14-19-11-20(15-24)13-21(12-19)16-24)25-23(28)17-26-7-9-27(10-8-26)22-5-3-2-4-6-22/h2-6,18-21H,7-17H2,1H3,(H,25,28)/t18-,19?,20?,21?,24?/m0/s1. The van der Waals surface area contributed by atoms with Gasteiger partial charge in [0.1, 0.15) is 0 Å². The summed E-state index contributed by atoms with van der Waals surface area (Å²) in [7, 11) is 0. The first-order valence-corrected chi connectivity index (χ1v) is 11.4. The molecule has 1 N–H and O–H groups in total. The quantitative estimate of drug-likeness (QED) is 0.848. The molecular weight excluding hydrogens is 346 g/mol. The van der Waals surface area contributed by atoms with Crippen LogP contribution in [0, 0.1) is 23.2 Å². The summed E-state index contributed by atoms with van der Waals surface area (Å²) < 4.78 is 0. The number of rotatable bonds is 5. The van der Waals surface area contributed by atoms with Crippen molar-refractivity contribution in [2.75, 3.05) is 37.6 Å². The molecule has 28 heavy (non-hydrogen) atoms. The summed E-state index contributed by atoms with van der Waals surface area (Å²) in [5, 5.41) is 3.43. The Labute approximate surface area is 169 Å². The monoisotopic (exact) mass is 381 g/mol. The minimum absolute atomic E-state index is 0.233. The highest BCUT2D eigenvalue weighted by Gasteiger charge is 2.53. The van der Waals surface area contributed by atoms with Crippen molar-refractivity contribution in [3.8, 4) is 0 Å².